The maximum atomic E-state index is 13.1. The molecule has 0 saturated carbocycles. The van der Waals surface area contributed by atoms with Gasteiger partial charge in [0.2, 0.25) is 12.7 Å². The predicted octanol–water partition coefficient (Wildman–Crippen LogP) is 1.49. The molecule has 2 fully saturated rings. The number of carbonyl (C=O) groups is 2. The van der Waals surface area contributed by atoms with Crippen molar-refractivity contribution in [2.75, 3.05) is 46.2 Å². The summed E-state index contributed by atoms with van der Waals surface area (Å²) in [4.78, 5) is 30.2. The maximum Gasteiger partial charge on any atom is 0.254 e. The Morgan fingerprint density at radius 2 is 1.90 bits per heavy atom. The largest absolute Gasteiger partial charge is 0.454 e. The van der Waals surface area contributed by atoms with E-state index in [-0.39, 0.29) is 24.6 Å². The quantitative estimate of drug-likeness (QED) is 0.756. The standard InChI is InChI=1S/C22H31N3O5/c1-15(2)18(24-8-10-28-11-9-24)13-23-21(26)17-4-3-7-25(17)22(27)16-5-6-19-20(12-16)30-14-29-19/h5-6,12,15,17-18H,3-4,7-11,13-14H2,1-2H3,(H,23,26)/t17-,18-/m1/s1. The number of carbonyl (C=O) groups excluding carboxylic acids is 2. The van der Waals surface area contributed by atoms with Crippen molar-refractivity contribution in [2.45, 2.75) is 38.8 Å². The Morgan fingerprint density at radius 3 is 2.67 bits per heavy atom. The van der Waals surface area contributed by atoms with Crippen LogP contribution < -0.4 is 14.8 Å². The lowest BCUT2D eigenvalue weighted by Gasteiger charge is -2.37. The smallest absolute Gasteiger partial charge is 0.254 e. The maximum absolute atomic E-state index is 13.1. The van der Waals surface area contributed by atoms with Gasteiger partial charge in [0.25, 0.3) is 5.91 Å². The van der Waals surface area contributed by atoms with Crippen LogP contribution in [-0.2, 0) is 9.53 Å². The van der Waals surface area contributed by atoms with E-state index in [9.17, 15) is 9.59 Å². The van der Waals surface area contributed by atoms with Crippen LogP contribution in [0, 0.1) is 5.92 Å². The van der Waals surface area contributed by atoms with Crippen molar-refractivity contribution in [2.24, 2.45) is 5.92 Å². The van der Waals surface area contributed by atoms with Gasteiger partial charge in [-0.05, 0) is 37.0 Å². The van der Waals surface area contributed by atoms with Crippen LogP contribution in [0.1, 0.15) is 37.0 Å². The molecular formula is C22H31N3O5. The van der Waals surface area contributed by atoms with Crippen molar-refractivity contribution in [1.29, 1.82) is 0 Å². The average Bonchev–Trinajstić information content (AvgIpc) is 3.42. The minimum atomic E-state index is -0.430. The second-order valence-corrected chi connectivity index (χ2v) is 8.43. The molecule has 3 aliphatic rings. The van der Waals surface area contributed by atoms with Gasteiger partial charge < -0.3 is 24.4 Å². The van der Waals surface area contributed by atoms with Crippen LogP contribution in [0.2, 0.25) is 0 Å². The number of hydrogen-bond donors (Lipinski definition) is 1. The normalized spacial score (nSPS) is 22.4. The van der Waals surface area contributed by atoms with Gasteiger partial charge in [-0.3, -0.25) is 14.5 Å². The molecule has 0 aliphatic carbocycles. The molecule has 2 amide bonds. The van der Waals surface area contributed by atoms with E-state index in [4.69, 9.17) is 14.2 Å². The van der Waals surface area contributed by atoms with Crippen molar-refractivity contribution in [1.82, 2.24) is 15.1 Å². The third kappa shape index (κ3) is 4.39. The molecule has 0 unspecified atom stereocenters. The predicted molar refractivity (Wildman–Crippen MR) is 111 cm³/mol. The van der Waals surface area contributed by atoms with E-state index in [0.29, 0.717) is 42.5 Å². The third-order valence-electron chi connectivity index (χ3n) is 6.21. The second-order valence-electron chi connectivity index (χ2n) is 8.43. The number of nitrogens with one attached hydrogen (secondary N) is 1. The molecule has 2 saturated heterocycles. The van der Waals surface area contributed by atoms with Gasteiger partial charge in [0.1, 0.15) is 6.04 Å². The SMILES string of the molecule is CC(C)[C@@H](CNC(=O)[C@H]1CCCN1C(=O)c1ccc2c(c1)OCO2)N1CCOCC1. The van der Waals surface area contributed by atoms with Gasteiger partial charge in [-0.2, -0.15) is 0 Å². The van der Waals surface area contributed by atoms with Gasteiger partial charge in [-0.1, -0.05) is 13.8 Å². The van der Waals surface area contributed by atoms with E-state index in [2.05, 4.69) is 24.1 Å². The summed E-state index contributed by atoms with van der Waals surface area (Å²) in [5.41, 5.74) is 0.521. The van der Waals surface area contributed by atoms with Crippen LogP contribution in [0.3, 0.4) is 0 Å². The van der Waals surface area contributed by atoms with E-state index < -0.39 is 6.04 Å². The molecule has 8 nitrogen and oxygen atoms in total. The molecule has 3 heterocycles. The summed E-state index contributed by atoms with van der Waals surface area (Å²) in [6.45, 7) is 8.93. The Balaban J connectivity index is 1.38. The molecule has 3 aliphatic heterocycles. The summed E-state index contributed by atoms with van der Waals surface area (Å²) in [7, 11) is 0. The first-order chi connectivity index (χ1) is 14.5. The van der Waals surface area contributed by atoms with Crippen LogP contribution >= 0.6 is 0 Å². The van der Waals surface area contributed by atoms with Gasteiger partial charge >= 0.3 is 0 Å². The fourth-order valence-electron chi connectivity index (χ4n) is 4.50. The first-order valence-electron chi connectivity index (χ1n) is 10.8. The summed E-state index contributed by atoms with van der Waals surface area (Å²) in [5.74, 6) is 1.43. The lowest BCUT2D eigenvalue weighted by molar-refractivity contribution is -0.125. The number of nitrogens with zero attached hydrogens (tertiary/aromatic N) is 2. The summed E-state index contributed by atoms with van der Waals surface area (Å²) in [5, 5.41) is 3.12. The lowest BCUT2D eigenvalue weighted by atomic mass is 10.0. The molecule has 4 rings (SSSR count). The van der Waals surface area contributed by atoms with Crippen LogP contribution in [-0.4, -0.2) is 79.9 Å². The first-order valence-corrected chi connectivity index (χ1v) is 10.8. The van der Waals surface area contributed by atoms with E-state index in [1.807, 2.05) is 0 Å². The Labute approximate surface area is 177 Å². The zero-order valence-corrected chi connectivity index (χ0v) is 17.8. The van der Waals surface area contributed by atoms with Crippen LogP contribution in [0.5, 0.6) is 11.5 Å². The number of fused-ring (bicyclic) bond motifs is 1. The van der Waals surface area contributed by atoms with Crippen molar-refractivity contribution in [3.05, 3.63) is 23.8 Å². The first kappa shape index (κ1) is 20.9. The number of rotatable bonds is 6. The van der Waals surface area contributed by atoms with Crippen molar-refractivity contribution in [3.63, 3.8) is 0 Å². The molecule has 30 heavy (non-hydrogen) atoms. The molecule has 0 radical (unpaired) electrons. The minimum absolute atomic E-state index is 0.0690. The van der Waals surface area contributed by atoms with Crippen molar-refractivity contribution < 1.29 is 23.8 Å². The number of hydrogen-bond acceptors (Lipinski definition) is 6. The number of likely N-dealkylation sites (tertiary alicyclic amines) is 1. The number of amides is 2. The minimum Gasteiger partial charge on any atom is -0.454 e. The summed E-state index contributed by atoms with van der Waals surface area (Å²) >= 11 is 0. The number of benzene rings is 1. The van der Waals surface area contributed by atoms with Gasteiger partial charge in [0.05, 0.1) is 13.2 Å². The third-order valence-corrected chi connectivity index (χ3v) is 6.21. The van der Waals surface area contributed by atoms with Gasteiger partial charge in [0, 0.05) is 37.8 Å². The number of morpholine rings is 1. The Hall–Kier alpha value is -2.32. The molecule has 0 bridgehead atoms. The molecule has 0 spiro atoms. The fourth-order valence-corrected chi connectivity index (χ4v) is 4.50. The van der Waals surface area contributed by atoms with E-state index in [1.165, 1.54) is 0 Å². The highest BCUT2D eigenvalue weighted by molar-refractivity contribution is 5.98. The Morgan fingerprint density at radius 1 is 1.13 bits per heavy atom. The molecule has 1 aromatic rings. The Bertz CT molecular complexity index is 778. The van der Waals surface area contributed by atoms with Crippen molar-refractivity contribution in [3.8, 4) is 11.5 Å². The molecule has 164 valence electrons. The van der Waals surface area contributed by atoms with Crippen molar-refractivity contribution >= 4 is 11.8 Å². The van der Waals surface area contributed by atoms with Gasteiger partial charge in [-0.15, -0.1) is 0 Å². The summed E-state index contributed by atoms with van der Waals surface area (Å²) in [6.07, 6.45) is 1.51. The monoisotopic (exact) mass is 417 g/mol. The molecular weight excluding hydrogens is 386 g/mol. The highest BCUT2D eigenvalue weighted by atomic mass is 16.7. The Kier molecular flexibility index (Phi) is 6.43. The van der Waals surface area contributed by atoms with E-state index >= 15 is 0 Å². The van der Waals surface area contributed by atoms with Crippen LogP contribution in [0.15, 0.2) is 18.2 Å². The zero-order valence-electron chi connectivity index (χ0n) is 17.8. The van der Waals surface area contributed by atoms with E-state index in [0.717, 1.165) is 32.7 Å². The highest BCUT2D eigenvalue weighted by Gasteiger charge is 2.35. The highest BCUT2D eigenvalue weighted by Crippen LogP contribution is 2.33. The van der Waals surface area contributed by atoms with E-state index in [1.54, 1.807) is 23.1 Å². The molecule has 0 aromatic heterocycles. The summed E-state index contributed by atoms with van der Waals surface area (Å²) in [6, 6.07) is 5.01. The molecule has 1 N–H and O–H groups in total. The van der Waals surface area contributed by atoms with Crippen LogP contribution in [0.4, 0.5) is 0 Å². The summed E-state index contributed by atoms with van der Waals surface area (Å²) < 4.78 is 16.2. The van der Waals surface area contributed by atoms with Crippen LogP contribution in [0.25, 0.3) is 0 Å². The lowest BCUT2D eigenvalue weighted by Crippen LogP contribution is -2.53. The second kappa shape index (κ2) is 9.22. The fraction of sp³-hybridized carbons (Fsp3) is 0.636. The molecule has 1 aromatic carbocycles. The van der Waals surface area contributed by atoms with Gasteiger partial charge in [0.15, 0.2) is 11.5 Å². The van der Waals surface area contributed by atoms with Gasteiger partial charge in [-0.25, -0.2) is 0 Å². The average molecular weight is 418 g/mol. The number of ether oxygens (including phenoxy) is 3. The topological polar surface area (TPSA) is 80.3 Å². The molecule has 2 atom stereocenters. The molecule has 8 heteroatoms. The zero-order chi connectivity index (χ0) is 21.1.